The van der Waals surface area contributed by atoms with E-state index in [2.05, 4.69) is 19.1 Å². The standard InChI is InChI=1S/C12H18O2/c1-2-3-7-10-8-5-4-6-9-11(10)12(13)14/h3,5,7-8,10-11H,2,4,6,9H2,1H3,(H,13,14). The fourth-order valence-corrected chi connectivity index (χ4v) is 1.82. The van der Waals surface area contributed by atoms with Crippen molar-refractivity contribution in [2.24, 2.45) is 11.8 Å². The zero-order valence-corrected chi connectivity index (χ0v) is 8.65. The first kappa shape index (κ1) is 11.0. The van der Waals surface area contributed by atoms with Crippen LogP contribution in [0, 0.1) is 11.8 Å². The SMILES string of the molecule is CCC=CC1C=CCCCC1C(=O)O. The van der Waals surface area contributed by atoms with Gasteiger partial charge in [0.2, 0.25) is 0 Å². The second kappa shape index (κ2) is 5.63. The molecule has 0 saturated carbocycles. The number of rotatable bonds is 3. The van der Waals surface area contributed by atoms with Gasteiger partial charge >= 0.3 is 5.97 Å². The fraction of sp³-hybridized carbons (Fsp3) is 0.583. The molecule has 14 heavy (non-hydrogen) atoms. The van der Waals surface area contributed by atoms with E-state index in [0.717, 1.165) is 25.7 Å². The van der Waals surface area contributed by atoms with Gasteiger partial charge in [-0.05, 0) is 25.7 Å². The predicted octanol–water partition coefficient (Wildman–Crippen LogP) is 3.01. The predicted molar refractivity (Wildman–Crippen MR) is 57.0 cm³/mol. The number of carbonyl (C=O) groups is 1. The lowest BCUT2D eigenvalue weighted by Crippen LogP contribution is -2.20. The summed E-state index contributed by atoms with van der Waals surface area (Å²) in [6.45, 7) is 2.06. The molecule has 0 spiro atoms. The average molecular weight is 194 g/mol. The lowest BCUT2D eigenvalue weighted by molar-refractivity contribution is -0.142. The van der Waals surface area contributed by atoms with Gasteiger partial charge in [0.15, 0.2) is 0 Å². The Hall–Kier alpha value is -1.05. The van der Waals surface area contributed by atoms with Gasteiger partial charge in [0.1, 0.15) is 0 Å². The van der Waals surface area contributed by atoms with Crippen LogP contribution >= 0.6 is 0 Å². The van der Waals surface area contributed by atoms with Crippen molar-refractivity contribution in [2.45, 2.75) is 32.6 Å². The normalized spacial score (nSPS) is 27.8. The molecule has 0 aliphatic heterocycles. The lowest BCUT2D eigenvalue weighted by atomic mass is 9.89. The van der Waals surface area contributed by atoms with Crippen LogP contribution in [0.5, 0.6) is 0 Å². The molecule has 2 unspecified atom stereocenters. The number of hydrogen-bond donors (Lipinski definition) is 1. The molecule has 0 fully saturated rings. The van der Waals surface area contributed by atoms with E-state index in [1.165, 1.54) is 0 Å². The van der Waals surface area contributed by atoms with Crippen LogP contribution in [-0.2, 0) is 4.79 Å². The van der Waals surface area contributed by atoms with Crippen molar-refractivity contribution in [3.63, 3.8) is 0 Å². The summed E-state index contributed by atoms with van der Waals surface area (Å²) in [5.41, 5.74) is 0. The molecule has 0 radical (unpaired) electrons. The van der Waals surface area contributed by atoms with E-state index >= 15 is 0 Å². The molecule has 0 amide bonds. The van der Waals surface area contributed by atoms with Crippen LogP contribution in [-0.4, -0.2) is 11.1 Å². The number of allylic oxidation sites excluding steroid dienone is 4. The molecule has 1 N–H and O–H groups in total. The number of aliphatic carboxylic acids is 1. The maximum absolute atomic E-state index is 11.0. The van der Waals surface area contributed by atoms with Crippen LogP contribution in [0.2, 0.25) is 0 Å². The maximum Gasteiger partial charge on any atom is 0.307 e. The maximum atomic E-state index is 11.0. The number of carboxylic acid groups (broad SMARTS) is 1. The van der Waals surface area contributed by atoms with Gasteiger partial charge in [-0.25, -0.2) is 0 Å². The van der Waals surface area contributed by atoms with Gasteiger partial charge in [0, 0.05) is 5.92 Å². The highest BCUT2D eigenvalue weighted by Crippen LogP contribution is 2.25. The molecule has 1 aliphatic carbocycles. The van der Waals surface area contributed by atoms with Crippen molar-refractivity contribution in [3.05, 3.63) is 24.3 Å². The van der Waals surface area contributed by atoms with E-state index in [-0.39, 0.29) is 11.8 Å². The van der Waals surface area contributed by atoms with Gasteiger partial charge in [-0.1, -0.05) is 31.2 Å². The van der Waals surface area contributed by atoms with E-state index in [0.29, 0.717) is 0 Å². The topological polar surface area (TPSA) is 37.3 Å². The second-order valence-corrected chi connectivity index (χ2v) is 3.72. The van der Waals surface area contributed by atoms with E-state index < -0.39 is 5.97 Å². The zero-order valence-electron chi connectivity index (χ0n) is 8.65. The van der Waals surface area contributed by atoms with Crippen LogP contribution in [0.25, 0.3) is 0 Å². The minimum atomic E-state index is -0.665. The van der Waals surface area contributed by atoms with Gasteiger partial charge in [0.25, 0.3) is 0 Å². The quantitative estimate of drug-likeness (QED) is 0.701. The van der Waals surface area contributed by atoms with E-state index in [1.807, 2.05) is 12.2 Å². The molecule has 78 valence electrons. The van der Waals surface area contributed by atoms with Crippen LogP contribution in [0.4, 0.5) is 0 Å². The Bertz CT molecular complexity index is 241. The molecule has 2 nitrogen and oxygen atoms in total. The molecule has 1 aliphatic rings. The largest absolute Gasteiger partial charge is 0.481 e. The number of hydrogen-bond acceptors (Lipinski definition) is 1. The van der Waals surface area contributed by atoms with Crippen molar-refractivity contribution >= 4 is 5.97 Å². The van der Waals surface area contributed by atoms with Gasteiger partial charge in [0.05, 0.1) is 5.92 Å². The van der Waals surface area contributed by atoms with Crippen molar-refractivity contribution in [2.75, 3.05) is 0 Å². The molecule has 0 aromatic carbocycles. The summed E-state index contributed by atoms with van der Waals surface area (Å²) < 4.78 is 0. The third kappa shape index (κ3) is 3.02. The minimum absolute atomic E-state index is 0.0925. The molecular weight excluding hydrogens is 176 g/mol. The third-order valence-corrected chi connectivity index (χ3v) is 2.62. The van der Waals surface area contributed by atoms with E-state index in [9.17, 15) is 4.79 Å². The second-order valence-electron chi connectivity index (χ2n) is 3.72. The summed E-state index contributed by atoms with van der Waals surface area (Å²) in [5.74, 6) is -0.797. The summed E-state index contributed by atoms with van der Waals surface area (Å²) in [4.78, 5) is 11.0. The molecule has 0 saturated heterocycles. The van der Waals surface area contributed by atoms with Gasteiger partial charge in [-0.3, -0.25) is 4.79 Å². The van der Waals surface area contributed by atoms with E-state index in [4.69, 9.17) is 5.11 Å². The zero-order chi connectivity index (χ0) is 10.4. The Labute approximate surface area is 85.3 Å². The highest BCUT2D eigenvalue weighted by Gasteiger charge is 2.24. The molecule has 1 rings (SSSR count). The van der Waals surface area contributed by atoms with Crippen molar-refractivity contribution < 1.29 is 9.90 Å². The Morgan fingerprint density at radius 2 is 2.43 bits per heavy atom. The summed E-state index contributed by atoms with van der Waals surface area (Å²) in [7, 11) is 0. The van der Waals surface area contributed by atoms with Gasteiger partial charge in [-0.2, -0.15) is 0 Å². The fourth-order valence-electron chi connectivity index (χ4n) is 1.82. The first-order valence-electron chi connectivity index (χ1n) is 5.31. The molecule has 0 heterocycles. The Morgan fingerprint density at radius 3 is 3.07 bits per heavy atom. The first-order chi connectivity index (χ1) is 6.75. The summed E-state index contributed by atoms with van der Waals surface area (Å²) >= 11 is 0. The Balaban J connectivity index is 2.72. The number of carboxylic acids is 1. The molecule has 2 heteroatoms. The lowest BCUT2D eigenvalue weighted by Gasteiger charge is -2.15. The average Bonchev–Trinajstić information content (AvgIpc) is 2.39. The Kier molecular flexibility index (Phi) is 4.44. The smallest absolute Gasteiger partial charge is 0.307 e. The third-order valence-electron chi connectivity index (χ3n) is 2.62. The highest BCUT2D eigenvalue weighted by molar-refractivity contribution is 5.71. The van der Waals surface area contributed by atoms with Crippen LogP contribution in [0.15, 0.2) is 24.3 Å². The van der Waals surface area contributed by atoms with Crippen LogP contribution in [0.1, 0.15) is 32.6 Å². The summed E-state index contributed by atoms with van der Waals surface area (Å²) in [6, 6.07) is 0. The van der Waals surface area contributed by atoms with Crippen molar-refractivity contribution in [1.29, 1.82) is 0 Å². The molecular formula is C12H18O2. The summed E-state index contributed by atoms with van der Waals surface area (Å²) in [6.07, 6.45) is 12.0. The van der Waals surface area contributed by atoms with Crippen molar-refractivity contribution in [3.8, 4) is 0 Å². The van der Waals surface area contributed by atoms with Gasteiger partial charge < -0.3 is 5.11 Å². The highest BCUT2D eigenvalue weighted by atomic mass is 16.4. The molecule has 0 aromatic heterocycles. The summed E-state index contributed by atoms with van der Waals surface area (Å²) in [5, 5.41) is 9.07. The van der Waals surface area contributed by atoms with Crippen LogP contribution in [0.3, 0.4) is 0 Å². The van der Waals surface area contributed by atoms with E-state index in [1.54, 1.807) is 0 Å². The van der Waals surface area contributed by atoms with Crippen LogP contribution < -0.4 is 0 Å². The first-order valence-corrected chi connectivity index (χ1v) is 5.31. The van der Waals surface area contributed by atoms with Crippen molar-refractivity contribution in [1.82, 2.24) is 0 Å². The molecule has 0 aromatic rings. The molecule has 2 atom stereocenters. The Morgan fingerprint density at radius 1 is 1.64 bits per heavy atom. The monoisotopic (exact) mass is 194 g/mol. The van der Waals surface area contributed by atoms with Gasteiger partial charge in [-0.15, -0.1) is 0 Å². The molecule has 0 bridgehead atoms. The minimum Gasteiger partial charge on any atom is -0.481 e.